The molecule has 0 amide bonds. The number of rotatable bonds is 7. The maximum atomic E-state index is 5.47. The summed E-state index contributed by atoms with van der Waals surface area (Å²) in [5.74, 6) is 0. The molecule has 1 fully saturated rings. The van der Waals surface area contributed by atoms with E-state index in [-0.39, 0.29) is 0 Å². The molecule has 0 bridgehead atoms. The summed E-state index contributed by atoms with van der Waals surface area (Å²) in [6.07, 6.45) is 9.13. The largest absolute Gasteiger partial charge is 0.330 e. The van der Waals surface area contributed by atoms with Gasteiger partial charge in [-0.3, -0.25) is 0 Å². The second-order valence-electron chi connectivity index (χ2n) is 5.09. The fourth-order valence-electron chi connectivity index (χ4n) is 2.43. The first-order chi connectivity index (χ1) is 7.83. The van der Waals surface area contributed by atoms with Crippen LogP contribution in [0.15, 0.2) is 0 Å². The number of nitrogens with two attached hydrogens (primary N) is 1. The first kappa shape index (κ1) is 13.9. The first-order valence-electron chi connectivity index (χ1n) is 6.99. The number of nitrogens with one attached hydrogen (secondary N) is 2. The van der Waals surface area contributed by atoms with E-state index in [1.54, 1.807) is 0 Å². The summed E-state index contributed by atoms with van der Waals surface area (Å²) in [5.41, 5.74) is 5.47. The molecule has 0 aromatic rings. The van der Waals surface area contributed by atoms with Gasteiger partial charge in [0.2, 0.25) is 0 Å². The third-order valence-corrected chi connectivity index (χ3v) is 3.42. The van der Waals surface area contributed by atoms with E-state index in [2.05, 4.69) is 17.6 Å². The highest BCUT2D eigenvalue weighted by molar-refractivity contribution is 4.75. The van der Waals surface area contributed by atoms with Crippen LogP contribution >= 0.6 is 0 Å². The molecule has 2 unspecified atom stereocenters. The van der Waals surface area contributed by atoms with Crippen molar-refractivity contribution in [2.45, 2.75) is 64.0 Å². The average molecular weight is 227 g/mol. The van der Waals surface area contributed by atoms with Crippen molar-refractivity contribution in [1.82, 2.24) is 10.6 Å². The van der Waals surface area contributed by atoms with Crippen molar-refractivity contribution in [2.24, 2.45) is 5.73 Å². The molecule has 4 N–H and O–H groups in total. The smallest absolute Gasteiger partial charge is 0.00817 e. The van der Waals surface area contributed by atoms with Gasteiger partial charge in [-0.25, -0.2) is 0 Å². The van der Waals surface area contributed by atoms with Crippen LogP contribution in [0.3, 0.4) is 0 Å². The second kappa shape index (κ2) is 8.97. The summed E-state index contributed by atoms with van der Waals surface area (Å²) in [7, 11) is 0. The van der Waals surface area contributed by atoms with Crippen molar-refractivity contribution in [3.63, 3.8) is 0 Å². The summed E-state index contributed by atoms with van der Waals surface area (Å²) in [6, 6.07) is 1.37. The van der Waals surface area contributed by atoms with E-state index in [0.29, 0.717) is 6.04 Å². The fraction of sp³-hybridized carbons (Fsp3) is 1.00. The van der Waals surface area contributed by atoms with E-state index >= 15 is 0 Å². The molecule has 0 aliphatic carbocycles. The molecule has 96 valence electrons. The van der Waals surface area contributed by atoms with Gasteiger partial charge in [-0.05, 0) is 58.7 Å². The van der Waals surface area contributed by atoms with E-state index in [4.69, 9.17) is 5.73 Å². The third kappa shape index (κ3) is 6.46. The predicted molar refractivity (Wildman–Crippen MR) is 70.6 cm³/mol. The summed E-state index contributed by atoms with van der Waals surface area (Å²) < 4.78 is 0. The third-order valence-electron chi connectivity index (χ3n) is 3.42. The van der Waals surface area contributed by atoms with Crippen molar-refractivity contribution >= 4 is 0 Å². The van der Waals surface area contributed by atoms with Gasteiger partial charge in [0.05, 0.1) is 0 Å². The van der Waals surface area contributed by atoms with Gasteiger partial charge in [-0.1, -0.05) is 12.8 Å². The summed E-state index contributed by atoms with van der Waals surface area (Å²) >= 11 is 0. The lowest BCUT2D eigenvalue weighted by atomic mass is 10.0. The maximum Gasteiger partial charge on any atom is 0.00817 e. The van der Waals surface area contributed by atoms with Gasteiger partial charge in [-0.2, -0.15) is 0 Å². The maximum absolute atomic E-state index is 5.47. The molecular weight excluding hydrogens is 198 g/mol. The van der Waals surface area contributed by atoms with Gasteiger partial charge in [0.25, 0.3) is 0 Å². The van der Waals surface area contributed by atoms with Crippen LogP contribution in [0.2, 0.25) is 0 Å². The minimum atomic E-state index is 0.633. The Labute approximate surface area is 101 Å². The molecule has 1 rings (SSSR count). The Hall–Kier alpha value is -0.120. The Morgan fingerprint density at radius 1 is 1.31 bits per heavy atom. The number of hydrogen-bond donors (Lipinski definition) is 3. The first-order valence-corrected chi connectivity index (χ1v) is 6.99. The molecule has 3 nitrogen and oxygen atoms in total. The van der Waals surface area contributed by atoms with E-state index in [1.807, 2.05) is 0 Å². The zero-order chi connectivity index (χ0) is 11.6. The standard InChI is InChI=1S/C13H29N3/c1-12(15-9-6-4-8-14)11-13-7-3-2-5-10-16-13/h12-13,15-16H,2-11,14H2,1H3. The molecule has 0 aromatic heterocycles. The normalized spacial score (nSPS) is 24.0. The average Bonchev–Trinajstić information content (AvgIpc) is 2.53. The number of hydrogen-bond acceptors (Lipinski definition) is 3. The van der Waals surface area contributed by atoms with Crippen LogP contribution in [-0.2, 0) is 0 Å². The highest BCUT2D eigenvalue weighted by Gasteiger charge is 2.14. The molecule has 0 saturated carbocycles. The molecule has 3 heteroatoms. The Morgan fingerprint density at radius 2 is 2.19 bits per heavy atom. The predicted octanol–water partition coefficient (Wildman–Crippen LogP) is 1.63. The van der Waals surface area contributed by atoms with Crippen molar-refractivity contribution in [3.05, 3.63) is 0 Å². The molecule has 0 radical (unpaired) electrons. The van der Waals surface area contributed by atoms with E-state index in [9.17, 15) is 0 Å². The minimum absolute atomic E-state index is 0.633. The molecule has 1 heterocycles. The van der Waals surface area contributed by atoms with Crippen LogP contribution < -0.4 is 16.4 Å². The fourth-order valence-corrected chi connectivity index (χ4v) is 2.43. The lowest BCUT2D eigenvalue weighted by Crippen LogP contribution is -2.37. The topological polar surface area (TPSA) is 50.1 Å². The van der Waals surface area contributed by atoms with Crippen molar-refractivity contribution in [1.29, 1.82) is 0 Å². The summed E-state index contributed by atoms with van der Waals surface area (Å²) in [4.78, 5) is 0. The van der Waals surface area contributed by atoms with Gasteiger partial charge in [0.1, 0.15) is 0 Å². The van der Waals surface area contributed by atoms with Crippen LogP contribution in [0, 0.1) is 0 Å². The SMILES string of the molecule is CC(CC1CCCCCN1)NCCCCN. The Balaban J connectivity index is 2.04. The van der Waals surface area contributed by atoms with Crippen molar-refractivity contribution in [2.75, 3.05) is 19.6 Å². The summed E-state index contributed by atoms with van der Waals surface area (Å²) in [6.45, 7) is 5.45. The zero-order valence-corrected chi connectivity index (χ0v) is 10.8. The highest BCUT2D eigenvalue weighted by Crippen LogP contribution is 2.12. The van der Waals surface area contributed by atoms with Gasteiger partial charge in [-0.15, -0.1) is 0 Å². The lowest BCUT2D eigenvalue weighted by molar-refractivity contribution is 0.401. The van der Waals surface area contributed by atoms with Crippen LogP contribution in [0.1, 0.15) is 51.9 Å². The lowest BCUT2D eigenvalue weighted by Gasteiger charge is -2.21. The molecule has 0 spiro atoms. The summed E-state index contributed by atoms with van der Waals surface area (Å²) in [5, 5.41) is 7.24. The Bertz CT molecular complexity index is 153. The molecule has 2 atom stereocenters. The van der Waals surface area contributed by atoms with Gasteiger partial charge < -0.3 is 16.4 Å². The second-order valence-corrected chi connectivity index (χ2v) is 5.09. The van der Waals surface area contributed by atoms with E-state index in [0.717, 1.165) is 25.6 Å². The van der Waals surface area contributed by atoms with Gasteiger partial charge in [0.15, 0.2) is 0 Å². The molecular formula is C13H29N3. The van der Waals surface area contributed by atoms with Crippen LogP contribution in [0.25, 0.3) is 0 Å². The quantitative estimate of drug-likeness (QED) is 0.579. The van der Waals surface area contributed by atoms with Crippen LogP contribution in [0.5, 0.6) is 0 Å². The molecule has 1 saturated heterocycles. The zero-order valence-electron chi connectivity index (χ0n) is 10.8. The number of unbranched alkanes of at least 4 members (excludes halogenated alkanes) is 1. The van der Waals surface area contributed by atoms with Crippen molar-refractivity contribution < 1.29 is 0 Å². The van der Waals surface area contributed by atoms with Crippen molar-refractivity contribution in [3.8, 4) is 0 Å². The Kier molecular flexibility index (Phi) is 7.81. The highest BCUT2D eigenvalue weighted by atomic mass is 14.9. The molecule has 1 aliphatic rings. The Morgan fingerprint density at radius 3 is 3.00 bits per heavy atom. The van der Waals surface area contributed by atoms with E-state index < -0.39 is 0 Å². The van der Waals surface area contributed by atoms with Gasteiger partial charge in [0, 0.05) is 12.1 Å². The minimum Gasteiger partial charge on any atom is -0.330 e. The molecule has 16 heavy (non-hydrogen) atoms. The van der Waals surface area contributed by atoms with Crippen LogP contribution in [-0.4, -0.2) is 31.7 Å². The van der Waals surface area contributed by atoms with E-state index in [1.165, 1.54) is 45.1 Å². The molecule has 0 aromatic carbocycles. The van der Waals surface area contributed by atoms with Crippen LogP contribution in [0.4, 0.5) is 0 Å². The molecule has 1 aliphatic heterocycles. The monoisotopic (exact) mass is 227 g/mol. The van der Waals surface area contributed by atoms with Gasteiger partial charge >= 0.3 is 0 Å².